The van der Waals surface area contributed by atoms with E-state index in [1.165, 1.54) is 0 Å². The molecule has 30 heavy (non-hydrogen) atoms. The molecule has 0 saturated carbocycles. The Morgan fingerprint density at radius 1 is 1.20 bits per heavy atom. The van der Waals surface area contributed by atoms with Crippen LogP contribution in [0.15, 0.2) is 51.5 Å². The maximum atomic E-state index is 12.4. The number of nitrogens with zero attached hydrogens (tertiary/aromatic N) is 1. The summed E-state index contributed by atoms with van der Waals surface area (Å²) in [5, 5.41) is 3.67. The fraction of sp³-hybridized carbons (Fsp3) is 0.273. The van der Waals surface area contributed by atoms with Crippen molar-refractivity contribution in [1.82, 2.24) is 10.3 Å². The summed E-state index contributed by atoms with van der Waals surface area (Å²) in [6, 6.07) is 10.9. The van der Waals surface area contributed by atoms with Crippen molar-refractivity contribution in [2.24, 2.45) is 0 Å². The number of carbonyl (C=O) groups is 1. The van der Waals surface area contributed by atoms with Gasteiger partial charge in [0.1, 0.15) is 13.2 Å². The van der Waals surface area contributed by atoms with Gasteiger partial charge in [0.25, 0.3) is 0 Å². The number of oxazole rings is 1. The molecular weight excluding hydrogens is 472 g/mol. The highest BCUT2D eigenvalue weighted by atomic mass is 79.9. The number of fused-ring (bicyclic) bond motifs is 1. The number of ether oxygens (including phenoxy) is 2. The molecule has 8 heteroatoms. The van der Waals surface area contributed by atoms with Crippen molar-refractivity contribution in [3.63, 3.8) is 0 Å². The van der Waals surface area contributed by atoms with Crippen LogP contribution in [0.2, 0.25) is 5.02 Å². The summed E-state index contributed by atoms with van der Waals surface area (Å²) in [7, 11) is 0. The molecule has 1 aliphatic heterocycles. The monoisotopic (exact) mass is 490 g/mol. The highest BCUT2D eigenvalue weighted by molar-refractivity contribution is 9.10. The molecule has 0 saturated heterocycles. The van der Waals surface area contributed by atoms with Crippen LogP contribution in [0.3, 0.4) is 0 Å². The molecule has 1 amide bonds. The number of amides is 1. The summed E-state index contributed by atoms with van der Waals surface area (Å²) in [4.78, 5) is 16.7. The van der Waals surface area contributed by atoms with Crippen molar-refractivity contribution < 1.29 is 18.7 Å². The number of hydrogen-bond acceptors (Lipinski definition) is 5. The highest BCUT2D eigenvalue weighted by Crippen LogP contribution is 2.37. The number of aryl methyl sites for hydroxylation is 1. The number of aromatic nitrogens is 1. The SMILES string of the molecule is CC(NC(=O)CCc1ncc(-c2ccc(Cl)cc2)o1)c1cc2c(cc1Br)OCCO2. The van der Waals surface area contributed by atoms with E-state index in [1.54, 1.807) is 18.3 Å². The van der Waals surface area contributed by atoms with E-state index in [0.29, 0.717) is 47.8 Å². The zero-order valence-corrected chi connectivity index (χ0v) is 18.6. The Bertz CT molecular complexity index is 1050. The summed E-state index contributed by atoms with van der Waals surface area (Å²) in [5.74, 6) is 2.47. The van der Waals surface area contributed by atoms with Gasteiger partial charge in [-0.3, -0.25) is 4.79 Å². The van der Waals surface area contributed by atoms with Gasteiger partial charge in [0.05, 0.1) is 12.2 Å². The molecule has 0 bridgehead atoms. The first-order valence-corrected chi connectivity index (χ1v) is 10.8. The highest BCUT2D eigenvalue weighted by Gasteiger charge is 2.19. The Kier molecular flexibility index (Phi) is 6.29. The van der Waals surface area contributed by atoms with Crippen molar-refractivity contribution in [2.75, 3.05) is 13.2 Å². The summed E-state index contributed by atoms with van der Waals surface area (Å²) in [6.07, 6.45) is 2.34. The average molecular weight is 492 g/mol. The fourth-order valence-corrected chi connectivity index (χ4v) is 3.99. The van der Waals surface area contributed by atoms with Gasteiger partial charge in [-0.2, -0.15) is 0 Å². The zero-order valence-electron chi connectivity index (χ0n) is 16.3. The lowest BCUT2D eigenvalue weighted by atomic mass is 10.1. The smallest absolute Gasteiger partial charge is 0.220 e. The first kappa shape index (κ1) is 20.8. The molecule has 0 fully saturated rings. The third-order valence-electron chi connectivity index (χ3n) is 4.75. The number of hydrogen-bond donors (Lipinski definition) is 1. The zero-order chi connectivity index (χ0) is 21.1. The van der Waals surface area contributed by atoms with Gasteiger partial charge < -0.3 is 19.2 Å². The van der Waals surface area contributed by atoms with Crippen molar-refractivity contribution >= 4 is 33.4 Å². The van der Waals surface area contributed by atoms with Crippen molar-refractivity contribution in [2.45, 2.75) is 25.8 Å². The molecule has 1 aliphatic rings. The molecule has 1 unspecified atom stereocenters. The van der Waals surface area contributed by atoms with Gasteiger partial charge in [-0.05, 0) is 48.9 Å². The number of nitrogens with one attached hydrogen (secondary N) is 1. The van der Waals surface area contributed by atoms with Crippen molar-refractivity contribution in [3.05, 3.63) is 63.5 Å². The van der Waals surface area contributed by atoms with Gasteiger partial charge in [0, 0.05) is 27.9 Å². The third-order valence-corrected chi connectivity index (χ3v) is 5.69. The molecule has 2 heterocycles. The van der Waals surface area contributed by atoms with Crippen LogP contribution in [-0.4, -0.2) is 24.1 Å². The number of halogens is 2. The van der Waals surface area contributed by atoms with Crippen LogP contribution in [0, 0.1) is 0 Å². The van der Waals surface area contributed by atoms with Gasteiger partial charge in [-0.15, -0.1) is 0 Å². The molecule has 0 aliphatic carbocycles. The van der Waals surface area contributed by atoms with Crippen LogP contribution in [0.25, 0.3) is 11.3 Å². The van der Waals surface area contributed by atoms with E-state index in [1.807, 2.05) is 31.2 Å². The molecule has 1 N–H and O–H groups in total. The minimum atomic E-state index is -0.197. The van der Waals surface area contributed by atoms with E-state index in [0.717, 1.165) is 15.6 Å². The van der Waals surface area contributed by atoms with E-state index in [2.05, 4.69) is 26.2 Å². The van der Waals surface area contributed by atoms with Crippen LogP contribution >= 0.6 is 27.5 Å². The molecule has 1 aromatic heterocycles. The molecule has 3 aromatic rings. The standard InChI is InChI=1S/C22H20BrClN2O4/c1-13(16-10-18-19(11-17(16)23)29-9-8-28-18)26-21(27)6-7-22-25-12-20(30-22)14-2-4-15(24)5-3-14/h2-5,10-13H,6-9H2,1H3,(H,26,27). The first-order valence-electron chi connectivity index (χ1n) is 9.58. The molecule has 2 aromatic carbocycles. The quantitative estimate of drug-likeness (QED) is 0.504. The second-order valence-corrected chi connectivity index (χ2v) is 8.22. The molecule has 0 spiro atoms. The van der Waals surface area contributed by atoms with Crippen molar-refractivity contribution in [1.29, 1.82) is 0 Å². The minimum Gasteiger partial charge on any atom is -0.486 e. The van der Waals surface area contributed by atoms with Crippen molar-refractivity contribution in [3.8, 4) is 22.8 Å². The lowest BCUT2D eigenvalue weighted by Crippen LogP contribution is -2.27. The maximum Gasteiger partial charge on any atom is 0.220 e. The average Bonchev–Trinajstić information content (AvgIpc) is 3.21. The maximum absolute atomic E-state index is 12.4. The molecule has 4 rings (SSSR count). The van der Waals surface area contributed by atoms with Gasteiger partial charge in [-0.25, -0.2) is 4.98 Å². The normalized spacial score (nSPS) is 13.7. The molecule has 1 atom stereocenters. The topological polar surface area (TPSA) is 73.6 Å². The second-order valence-electron chi connectivity index (χ2n) is 6.93. The fourth-order valence-electron chi connectivity index (χ4n) is 3.20. The van der Waals surface area contributed by atoms with Crippen LogP contribution in [0.4, 0.5) is 0 Å². The van der Waals surface area contributed by atoms with Gasteiger partial charge in [0.15, 0.2) is 23.1 Å². The van der Waals surface area contributed by atoms with E-state index < -0.39 is 0 Å². The van der Waals surface area contributed by atoms with Gasteiger partial charge in [-0.1, -0.05) is 27.5 Å². The predicted molar refractivity (Wildman–Crippen MR) is 117 cm³/mol. The number of carbonyl (C=O) groups excluding carboxylic acids is 1. The third kappa shape index (κ3) is 4.79. The first-order chi connectivity index (χ1) is 14.5. The van der Waals surface area contributed by atoms with Crippen LogP contribution in [0.5, 0.6) is 11.5 Å². The molecule has 0 radical (unpaired) electrons. The Morgan fingerprint density at radius 3 is 2.63 bits per heavy atom. The van der Waals surface area contributed by atoms with E-state index in [4.69, 9.17) is 25.5 Å². The van der Waals surface area contributed by atoms with E-state index >= 15 is 0 Å². The lowest BCUT2D eigenvalue weighted by Gasteiger charge is -2.22. The number of rotatable bonds is 6. The van der Waals surface area contributed by atoms with E-state index in [-0.39, 0.29) is 18.4 Å². The minimum absolute atomic E-state index is 0.0875. The Morgan fingerprint density at radius 2 is 1.90 bits per heavy atom. The molecule has 156 valence electrons. The Labute approximate surface area is 187 Å². The summed E-state index contributed by atoms with van der Waals surface area (Å²) in [6.45, 7) is 2.98. The summed E-state index contributed by atoms with van der Waals surface area (Å²) in [5.41, 5.74) is 1.81. The lowest BCUT2D eigenvalue weighted by molar-refractivity contribution is -0.121. The van der Waals surface area contributed by atoms with Gasteiger partial charge >= 0.3 is 0 Å². The van der Waals surface area contributed by atoms with Gasteiger partial charge in [0.2, 0.25) is 5.91 Å². The molecular formula is C22H20BrClN2O4. The number of benzene rings is 2. The van der Waals surface area contributed by atoms with E-state index in [9.17, 15) is 4.79 Å². The largest absolute Gasteiger partial charge is 0.486 e. The Balaban J connectivity index is 1.34. The van der Waals surface area contributed by atoms with Crippen LogP contribution in [0.1, 0.15) is 30.8 Å². The van der Waals surface area contributed by atoms with Crippen LogP contribution < -0.4 is 14.8 Å². The summed E-state index contributed by atoms with van der Waals surface area (Å²) >= 11 is 9.46. The second kappa shape index (κ2) is 9.10. The molecule has 6 nitrogen and oxygen atoms in total. The van der Waals surface area contributed by atoms with Crippen LogP contribution in [-0.2, 0) is 11.2 Å². The summed E-state index contributed by atoms with van der Waals surface area (Å²) < 4.78 is 17.8. The Hall–Kier alpha value is -2.51. The predicted octanol–water partition coefficient (Wildman–Crippen LogP) is 5.34.